The Morgan fingerprint density at radius 1 is 1.00 bits per heavy atom. The molecule has 1 saturated heterocycles. The summed E-state index contributed by atoms with van der Waals surface area (Å²) >= 11 is 5.84. The molecule has 0 N–H and O–H groups in total. The van der Waals surface area contributed by atoms with Gasteiger partial charge in [-0.2, -0.15) is 9.29 Å². The lowest BCUT2D eigenvalue weighted by atomic mass is 10.2. The van der Waals surface area contributed by atoms with Crippen molar-refractivity contribution < 1.29 is 17.3 Å². The lowest BCUT2D eigenvalue weighted by molar-refractivity contribution is 0.163. The lowest BCUT2D eigenvalue weighted by Crippen LogP contribution is -2.48. The third-order valence-corrected chi connectivity index (χ3v) is 6.88. The van der Waals surface area contributed by atoms with Crippen LogP contribution in [0.5, 0.6) is 0 Å². The number of hydrogen-bond acceptors (Lipinski definition) is 6. The maximum absolute atomic E-state index is 13.0. The van der Waals surface area contributed by atoms with Crippen molar-refractivity contribution in [1.82, 2.24) is 19.3 Å². The minimum Gasteiger partial charge on any atom is -0.338 e. The quantitative estimate of drug-likeness (QED) is 0.611. The van der Waals surface area contributed by atoms with E-state index in [-0.39, 0.29) is 10.7 Å². The Bertz CT molecular complexity index is 1080. The molecule has 0 amide bonds. The average Bonchev–Trinajstić information content (AvgIpc) is 3.18. The second-order valence-electron chi connectivity index (χ2n) is 6.65. The molecular formula is C19H18ClFN4O3S. The standard InChI is InChI=1S/C19H18ClFN4O3S/c20-15-3-7-17(8-4-15)29(26,27)25-11-9-24(10-12-25)13-18-22-19(23-28-18)14-1-5-16(21)6-2-14/h1-8H,9-13H2. The molecule has 0 aliphatic carbocycles. The zero-order valence-corrected chi connectivity index (χ0v) is 16.9. The minimum atomic E-state index is -3.54. The summed E-state index contributed by atoms with van der Waals surface area (Å²) in [5.74, 6) is 0.492. The number of hydrogen-bond donors (Lipinski definition) is 0. The van der Waals surface area contributed by atoms with Gasteiger partial charge in [0.2, 0.25) is 21.7 Å². The van der Waals surface area contributed by atoms with Gasteiger partial charge in [0.15, 0.2) is 0 Å². The zero-order valence-electron chi connectivity index (χ0n) is 15.3. The van der Waals surface area contributed by atoms with Crippen LogP contribution in [-0.4, -0.2) is 53.9 Å². The molecule has 1 aliphatic heterocycles. The number of rotatable bonds is 5. The Morgan fingerprint density at radius 3 is 2.31 bits per heavy atom. The molecule has 0 saturated carbocycles. The van der Waals surface area contributed by atoms with Crippen molar-refractivity contribution >= 4 is 21.6 Å². The fourth-order valence-electron chi connectivity index (χ4n) is 3.11. The monoisotopic (exact) mass is 436 g/mol. The molecule has 0 radical (unpaired) electrons. The number of sulfonamides is 1. The third-order valence-electron chi connectivity index (χ3n) is 4.71. The highest BCUT2D eigenvalue weighted by atomic mass is 35.5. The van der Waals surface area contributed by atoms with Crippen LogP contribution in [0.1, 0.15) is 5.89 Å². The van der Waals surface area contributed by atoms with Crippen molar-refractivity contribution in [3.8, 4) is 11.4 Å². The van der Waals surface area contributed by atoms with Gasteiger partial charge in [0, 0.05) is 36.8 Å². The first kappa shape index (κ1) is 20.0. The van der Waals surface area contributed by atoms with E-state index in [2.05, 4.69) is 15.0 Å². The smallest absolute Gasteiger partial charge is 0.243 e. The second kappa shape index (κ2) is 8.19. The first-order valence-corrected chi connectivity index (χ1v) is 10.8. The van der Waals surface area contributed by atoms with E-state index >= 15 is 0 Å². The number of piperazine rings is 1. The molecular weight excluding hydrogens is 419 g/mol. The molecule has 10 heteroatoms. The molecule has 3 aromatic rings. The molecule has 1 fully saturated rings. The summed E-state index contributed by atoms with van der Waals surface area (Å²) in [6.07, 6.45) is 0. The Hall–Kier alpha value is -2.33. The van der Waals surface area contributed by atoms with Crippen molar-refractivity contribution in [1.29, 1.82) is 0 Å². The van der Waals surface area contributed by atoms with Crippen LogP contribution in [0.4, 0.5) is 4.39 Å². The highest BCUT2D eigenvalue weighted by Crippen LogP contribution is 2.21. The molecule has 0 bridgehead atoms. The Kier molecular flexibility index (Phi) is 5.64. The van der Waals surface area contributed by atoms with Crippen molar-refractivity contribution in [3.63, 3.8) is 0 Å². The summed E-state index contributed by atoms with van der Waals surface area (Å²) in [6, 6.07) is 12.0. The highest BCUT2D eigenvalue weighted by molar-refractivity contribution is 7.89. The van der Waals surface area contributed by atoms with Gasteiger partial charge in [-0.25, -0.2) is 12.8 Å². The van der Waals surface area contributed by atoms with E-state index < -0.39 is 10.0 Å². The van der Waals surface area contributed by atoms with Crippen molar-refractivity contribution in [2.75, 3.05) is 26.2 Å². The van der Waals surface area contributed by atoms with Crippen molar-refractivity contribution in [2.45, 2.75) is 11.4 Å². The Balaban J connectivity index is 1.37. The normalized spacial score (nSPS) is 16.2. The SMILES string of the molecule is O=S(=O)(c1ccc(Cl)cc1)N1CCN(Cc2nc(-c3ccc(F)cc3)no2)CC1. The van der Waals surface area contributed by atoms with Gasteiger partial charge in [-0.1, -0.05) is 16.8 Å². The van der Waals surface area contributed by atoms with Gasteiger partial charge in [0.25, 0.3) is 0 Å². The average molecular weight is 437 g/mol. The van der Waals surface area contributed by atoms with Crippen LogP contribution in [0.25, 0.3) is 11.4 Å². The van der Waals surface area contributed by atoms with Gasteiger partial charge in [0.05, 0.1) is 11.4 Å². The van der Waals surface area contributed by atoms with Gasteiger partial charge in [-0.05, 0) is 48.5 Å². The summed E-state index contributed by atoms with van der Waals surface area (Å²) in [7, 11) is -3.54. The number of nitrogens with zero attached hydrogens (tertiary/aromatic N) is 4. The largest absolute Gasteiger partial charge is 0.338 e. The Morgan fingerprint density at radius 2 is 1.66 bits per heavy atom. The van der Waals surface area contributed by atoms with Gasteiger partial charge in [0.1, 0.15) is 5.82 Å². The van der Waals surface area contributed by atoms with E-state index in [1.165, 1.54) is 28.6 Å². The van der Waals surface area contributed by atoms with Gasteiger partial charge >= 0.3 is 0 Å². The maximum atomic E-state index is 13.0. The van der Waals surface area contributed by atoms with E-state index in [0.29, 0.717) is 55.0 Å². The fourth-order valence-corrected chi connectivity index (χ4v) is 4.66. The number of halogens is 2. The lowest BCUT2D eigenvalue weighted by Gasteiger charge is -2.33. The fraction of sp³-hybridized carbons (Fsp3) is 0.263. The molecule has 0 spiro atoms. The molecule has 1 aromatic heterocycles. The molecule has 152 valence electrons. The number of aromatic nitrogens is 2. The van der Waals surface area contributed by atoms with E-state index in [0.717, 1.165) is 0 Å². The Labute approximate surface area is 172 Å². The highest BCUT2D eigenvalue weighted by Gasteiger charge is 2.29. The minimum absolute atomic E-state index is 0.233. The summed E-state index contributed by atoms with van der Waals surface area (Å²) < 4.78 is 45.3. The maximum Gasteiger partial charge on any atom is 0.243 e. The molecule has 0 unspecified atom stereocenters. The van der Waals surface area contributed by atoms with Crippen LogP contribution in [0.15, 0.2) is 57.9 Å². The molecule has 2 heterocycles. The van der Waals surface area contributed by atoms with Crippen LogP contribution in [-0.2, 0) is 16.6 Å². The van der Waals surface area contributed by atoms with Crippen LogP contribution >= 0.6 is 11.6 Å². The summed E-state index contributed by atoms with van der Waals surface area (Å²) in [5, 5.41) is 4.42. The first-order valence-electron chi connectivity index (χ1n) is 8.98. The molecule has 2 aromatic carbocycles. The van der Waals surface area contributed by atoms with Gasteiger partial charge in [-0.15, -0.1) is 0 Å². The van der Waals surface area contributed by atoms with Crippen molar-refractivity contribution in [2.24, 2.45) is 0 Å². The van der Waals surface area contributed by atoms with Gasteiger partial charge in [-0.3, -0.25) is 4.90 Å². The van der Waals surface area contributed by atoms with E-state index in [4.69, 9.17) is 16.1 Å². The van der Waals surface area contributed by atoms with E-state index in [1.54, 1.807) is 24.3 Å². The van der Waals surface area contributed by atoms with Crippen LogP contribution in [0.3, 0.4) is 0 Å². The molecule has 0 atom stereocenters. The second-order valence-corrected chi connectivity index (χ2v) is 9.03. The first-order chi connectivity index (χ1) is 13.9. The van der Waals surface area contributed by atoms with Crippen LogP contribution in [0, 0.1) is 5.82 Å². The van der Waals surface area contributed by atoms with E-state index in [9.17, 15) is 12.8 Å². The van der Waals surface area contributed by atoms with E-state index in [1.807, 2.05) is 0 Å². The topological polar surface area (TPSA) is 79.5 Å². The van der Waals surface area contributed by atoms with Crippen LogP contribution in [0.2, 0.25) is 5.02 Å². The van der Waals surface area contributed by atoms with Gasteiger partial charge < -0.3 is 4.52 Å². The summed E-state index contributed by atoms with van der Waals surface area (Å²) in [6.45, 7) is 2.24. The summed E-state index contributed by atoms with van der Waals surface area (Å²) in [4.78, 5) is 6.63. The molecule has 1 aliphatic rings. The predicted molar refractivity (Wildman–Crippen MR) is 105 cm³/mol. The number of benzene rings is 2. The van der Waals surface area contributed by atoms with Crippen molar-refractivity contribution in [3.05, 3.63) is 65.3 Å². The predicted octanol–water partition coefficient (Wildman–Crippen LogP) is 3.04. The zero-order chi connectivity index (χ0) is 20.4. The molecule has 4 rings (SSSR count). The summed E-state index contributed by atoms with van der Waals surface area (Å²) in [5.41, 5.74) is 0.667. The third kappa shape index (κ3) is 4.48. The molecule has 7 nitrogen and oxygen atoms in total. The van der Waals surface area contributed by atoms with Crippen LogP contribution < -0.4 is 0 Å². The molecule has 29 heavy (non-hydrogen) atoms.